The highest BCUT2D eigenvalue weighted by Gasteiger charge is 2.41. The molecule has 2 fully saturated rings. The van der Waals surface area contributed by atoms with Gasteiger partial charge in [0.05, 0.1) is 31.4 Å². The number of guanidine groups is 1. The molecule has 2 aliphatic rings. The third kappa shape index (κ3) is 6.17. The third-order valence-corrected chi connectivity index (χ3v) is 4.20. The lowest BCUT2D eigenvalue weighted by Gasteiger charge is -2.23. The summed E-state index contributed by atoms with van der Waals surface area (Å²) in [6.45, 7) is 6.41. The molecule has 0 aromatic carbocycles. The minimum absolute atomic E-state index is 0. The Bertz CT molecular complexity index is 344. The summed E-state index contributed by atoms with van der Waals surface area (Å²) in [4.78, 5) is 6.90. The van der Waals surface area contributed by atoms with E-state index in [0.29, 0.717) is 18.2 Å². The second-order valence-electron chi connectivity index (χ2n) is 5.92. The van der Waals surface area contributed by atoms with Gasteiger partial charge in [-0.15, -0.1) is 24.0 Å². The molecule has 2 bridgehead atoms. The third-order valence-electron chi connectivity index (χ3n) is 4.20. The molecule has 0 aromatic heterocycles. The average Bonchev–Trinajstić information content (AvgIpc) is 3.07. The Morgan fingerprint density at radius 1 is 1.36 bits per heavy atom. The van der Waals surface area contributed by atoms with Crippen molar-refractivity contribution in [2.24, 2.45) is 4.99 Å². The van der Waals surface area contributed by atoms with E-state index in [1.165, 1.54) is 12.8 Å². The van der Waals surface area contributed by atoms with Crippen molar-refractivity contribution in [1.82, 2.24) is 15.5 Å². The molecule has 0 spiro atoms. The molecule has 2 saturated heterocycles. The largest absolute Gasteiger partial charge is 0.383 e. The maximum atomic E-state index is 5.88. The number of rotatable bonds is 8. The molecule has 3 unspecified atom stereocenters. The Balaban J connectivity index is 0.00000242. The molecule has 22 heavy (non-hydrogen) atoms. The topological polar surface area (TPSA) is 58.1 Å². The van der Waals surface area contributed by atoms with Gasteiger partial charge in [-0.3, -0.25) is 4.99 Å². The number of fused-ring (bicyclic) bond motifs is 2. The number of hydrogen-bond acceptors (Lipinski definition) is 4. The van der Waals surface area contributed by atoms with Crippen molar-refractivity contribution in [1.29, 1.82) is 0 Å². The lowest BCUT2D eigenvalue weighted by Crippen LogP contribution is -2.47. The quantitative estimate of drug-likeness (QED) is 0.346. The maximum absolute atomic E-state index is 5.88. The van der Waals surface area contributed by atoms with E-state index in [2.05, 4.69) is 34.5 Å². The molecule has 2 heterocycles. The zero-order valence-corrected chi connectivity index (χ0v) is 16.3. The van der Waals surface area contributed by atoms with Crippen LogP contribution < -0.4 is 10.6 Å². The Morgan fingerprint density at radius 3 is 2.77 bits per heavy atom. The van der Waals surface area contributed by atoms with Gasteiger partial charge in [0, 0.05) is 26.7 Å². The fraction of sp³-hybridized carbons (Fsp3) is 0.933. The summed E-state index contributed by atoms with van der Waals surface area (Å²) in [6.07, 6.45) is 4.37. The van der Waals surface area contributed by atoms with Crippen LogP contribution in [0.2, 0.25) is 0 Å². The van der Waals surface area contributed by atoms with Gasteiger partial charge in [-0.25, -0.2) is 0 Å². The molecule has 130 valence electrons. The number of nitrogens with zero attached hydrogens (tertiary/aromatic N) is 2. The smallest absolute Gasteiger partial charge is 0.191 e. The predicted octanol–water partition coefficient (Wildman–Crippen LogP) is 1.06. The second kappa shape index (κ2) is 10.6. The zero-order chi connectivity index (χ0) is 15.1. The van der Waals surface area contributed by atoms with E-state index in [9.17, 15) is 0 Å². The highest BCUT2D eigenvalue weighted by Crippen LogP contribution is 2.34. The van der Waals surface area contributed by atoms with Crippen molar-refractivity contribution in [3.8, 4) is 0 Å². The molecule has 6 nitrogen and oxygen atoms in total. The number of likely N-dealkylation sites (N-methyl/N-ethyl adjacent to an activating group) is 1. The van der Waals surface area contributed by atoms with Crippen LogP contribution in [0.3, 0.4) is 0 Å². The second-order valence-corrected chi connectivity index (χ2v) is 5.92. The van der Waals surface area contributed by atoms with E-state index in [1.54, 1.807) is 7.11 Å². The van der Waals surface area contributed by atoms with Crippen molar-refractivity contribution >= 4 is 29.9 Å². The first-order chi connectivity index (χ1) is 10.2. The molecule has 2 rings (SSSR count). The summed E-state index contributed by atoms with van der Waals surface area (Å²) < 4.78 is 11.0. The van der Waals surface area contributed by atoms with Crippen LogP contribution in [0.1, 0.15) is 26.2 Å². The van der Waals surface area contributed by atoms with E-state index in [4.69, 9.17) is 9.47 Å². The standard InChI is InChI=1S/C15H30N4O2.HI/c1-4-16-15(17-7-8-19(2)9-10-20-3)18-13-11-12-5-6-14(13)21-12;/h12-14H,4-11H2,1-3H3,(H2,16,17,18);1H. The lowest BCUT2D eigenvalue weighted by molar-refractivity contribution is 0.0992. The normalized spacial score (nSPS) is 27.1. The predicted molar refractivity (Wildman–Crippen MR) is 100 cm³/mol. The van der Waals surface area contributed by atoms with E-state index in [-0.39, 0.29) is 24.0 Å². The number of nitrogens with one attached hydrogen (secondary N) is 2. The molecule has 0 aliphatic carbocycles. The Labute approximate surface area is 151 Å². The molecule has 2 aliphatic heterocycles. The molecule has 0 aromatic rings. The SMILES string of the molecule is CCNC(=NCCN(C)CCOC)NC1CC2CCC1O2.I. The van der Waals surface area contributed by atoms with Crippen LogP contribution in [-0.2, 0) is 9.47 Å². The van der Waals surface area contributed by atoms with Crippen LogP contribution in [0.15, 0.2) is 4.99 Å². The molecular weight excluding hydrogens is 395 g/mol. The van der Waals surface area contributed by atoms with Gasteiger partial charge < -0.3 is 25.0 Å². The Hall–Kier alpha value is -0.120. The molecule has 2 N–H and O–H groups in total. The summed E-state index contributed by atoms with van der Waals surface area (Å²) in [5, 5.41) is 6.86. The summed E-state index contributed by atoms with van der Waals surface area (Å²) in [5.74, 6) is 0.916. The molecule has 0 amide bonds. The van der Waals surface area contributed by atoms with Gasteiger partial charge in [0.15, 0.2) is 5.96 Å². The van der Waals surface area contributed by atoms with Crippen molar-refractivity contribution in [2.75, 3.05) is 46.9 Å². The average molecular weight is 426 g/mol. The molecule has 0 radical (unpaired) electrons. The first-order valence-electron chi connectivity index (χ1n) is 8.10. The monoisotopic (exact) mass is 426 g/mol. The van der Waals surface area contributed by atoms with Crippen LogP contribution in [0.4, 0.5) is 0 Å². The first-order valence-corrected chi connectivity index (χ1v) is 8.10. The highest BCUT2D eigenvalue weighted by molar-refractivity contribution is 14.0. The van der Waals surface area contributed by atoms with Crippen molar-refractivity contribution < 1.29 is 9.47 Å². The fourth-order valence-electron chi connectivity index (χ4n) is 2.98. The zero-order valence-electron chi connectivity index (χ0n) is 14.0. The number of ether oxygens (including phenoxy) is 2. The van der Waals surface area contributed by atoms with Gasteiger partial charge in [-0.2, -0.15) is 0 Å². The van der Waals surface area contributed by atoms with Crippen LogP contribution in [-0.4, -0.2) is 76.1 Å². The van der Waals surface area contributed by atoms with Crippen LogP contribution in [0.25, 0.3) is 0 Å². The molecule has 7 heteroatoms. The van der Waals surface area contributed by atoms with Crippen LogP contribution >= 0.6 is 24.0 Å². The Morgan fingerprint density at radius 2 is 2.18 bits per heavy atom. The molecule has 3 atom stereocenters. The highest BCUT2D eigenvalue weighted by atomic mass is 127. The summed E-state index contributed by atoms with van der Waals surface area (Å²) in [6, 6.07) is 0.424. The van der Waals surface area contributed by atoms with Crippen molar-refractivity contribution in [2.45, 2.75) is 44.4 Å². The van der Waals surface area contributed by atoms with E-state index in [1.807, 2.05) is 0 Å². The summed E-state index contributed by atoms with van der Waals surface area (Å²) in [7, 11) is 3.83. The number of halogens is 1. The van der Waals surface area contributed by atoms with E-state index in [0.717, 1.165) is 45.2 Å². The van der Waals surface area contributed by atoms with Gasteiger partial charge >= 0.3 is 0 Å². The fourth-order valence-corrected chi connectivity index (χ4v) is 2.98. The minimum Gasteiger partial charge on any atom is -0.383 e. The number of methoxy groups -OCH3 is 1. The molecule has 0 saturated carbocycles. The van der Waals surface area contributed by atoms with E-state index >= 15 is 0 Å². The lowest BCUT2D eigenvalue weighted by atomic mass is 9.96. The Kier molecular flexibility index (Phi) is 9.62. The van der Waals surface area contributed by atoms with E-state index < -0.39 is 0 Å². The number of hydrogen-bond donors (Lipinski definition) is 2. The van der Waals surface area contributed by atoms with Gasteiger partial charge in [-0.05, 0) is 33.2 Å². The summed E-state index contributed by atoms with van der Waals surface area (Å²) in [5.41, 5.74) is 0. The van der Waals surface area contributed by atoms with Gasteiger partial charge in [0.1, 0.15) is 0 Å². The van der Waals surface area contributed by atoms with Crippen LogP contribution in [0.5, 0.6) is 0 Å². The number of aliphatic imine (C=N–C) groups is 1. The maximum Gasteiger partial charge on any atom is 0.191 e. The summed E-state index contributed by atoms with van der Waals surface area (Å²) >= 11 is 0. The first kappa shape index (κ1) is 19.9. The molecular formula is C15H31IN4O2. The van der Waals surface area contributed by atoms with Gasteiger partial charge in [0.2, 0.25) is 0 Å². The van der Waals surface area contributed by atoms with Gasteiger partial charge in [-0.1, -0.05) is 0 Å². The minimum atomic E-state index is 0. The van der Waals surface area contributed by atoms with Gasteiger partial charge in [0.25, 0.3) is 0 Å². The van der Waals surface area contributed by atoms with Crippen molar-refractivity contribution in [3.63, 3.8) is 0 Å². The van der Waals surface area contributed by atoms with Crippen molar-refractivity contribution in [3.05, 3.63) is 0 Å². The van der Waals surface area contributed by atoms with Crippen LogP contribution in [0, 0.1) is 0 Å².